The van der Waals surface area contributed by atoms with Crippen molar-refractivity contribution in [2.75, 3.05) is 26.2 Å². The van der Waals surface area contributed by atoms with Crippen molar-refractivity contribution in [1.29, 1.82) is 0 Å². The molecule has 1 amide bonds. The number of aryl methyl sites for hydroxylation is 1. The predicted molar refractivity (Wildman–Crippen MR) is 95.0 cm³/mol. The van der Waals surface area contributed by atoms with Crippen molar-refractivity contribution in [3.8, 4) is 0 Å². The van der Waals surface area contributed by atoms with Gasteiger partial charge in [-0.1, -0.05) is 23.7 Å². The third-order valence-corrected chi connectivity index (χ3v) is 6.48. The van der Waals surface area contributed by atoms with Crippen LogP contribution in [0.1, 0.15) is 16.1 Å². The average molecular weight is 398 g/mol. The van der Waals surface area contributed by atoms with Gasteiger partial charge in [0, 0.05) is 32.4 Å². The van der Waals surface area contributed by atoms with Crippen molar-refractivity contribution < 1.29 is 17.6 Å². The molecule has 0 radical (unpaired) electrons. The highest BCUT2D eigenvalue weighted by atomic mass is 35.5. The molecule has 1 saturated heterocycles. The van der Waals surface area contributed by atoms with E-state index >= 15 is 0 Å². The highest BCUT2D eigenvalue weighted by Crippen LogP contribution is 2.23. The van der Waals surface area contributed by atoms with Crippen LogP contribution in [0.3, 0.4) is 0 Å². The Labute approximate surface area is 156 Å². The van der Waals surface area contributed by atoms with Crippen LogP contribution in [0.4, 0.5) is 4.39 Å². The normalized spacial score (nSPS) is 15.9. The Morgan fingerprint density at radius 2 is 1.85 bits per heavy atom. The smallest absolute Gasteiger partial charge is 0.256 e. The second-order valence-corrected chi connectivity index (χ2v) is 8.26. The molecule has 1 aliphatic heterocycles. The fraction of sp³-hybridized carbons (Fsp3) is 0.294. The van der Waals surface area contributed by atoms with Crippen LogP contribution in [-0.4, -0.2) is 54.7 Å². The molecule has 0 saturated carbocycles. The molecule has 3 rings (SSSR count). The fourth-order valence-electron chi connectivity index (χ4n) is 2.83. The van der Waals surface area contributed by atoms with Crippen molar-refractivity contribution in [1.82, 2.24) is 14.2 Å². The zero-order valence-electron chi connectivity index (χ0n) is 14.0. The Balaban J connectivity index is 1.75. The van der Waals surface area contributed by atoms with Crippen molar-refractivity contribution in [2.24, 2.45) is 0 Å². The molecular weight excluding hydrogens is 381 g/mol. The van der Waals surface area contributed by atoms with Crippen LogP contribution in [0, 0.1) is 12.7 Å². The van der Waals surface area contributed by atoms with Gasteiger partial charge in [0.15, 0.2) is 0 Å². The summed E-state index contributed by atoms with van der Waals surface area (Å²) in [6.45, 7) is 2.20. The van der Waals surface area contributed by atoms with Gasteiger partial charge in [-0.05, 0) is 25.1 Å². The lowest BCUT2D eigenvalue weighted by molar-refractivity contribution is 0.0693. The number of hydrogen-bond acceptors (Lipinski definition) is 4. The van der Waals surface area contributed by atoms with Gasteiger partial charge in [0.05, 0.1) is 16.3 Å². The minimum atomic E-state index is -3.76. The molecule has 26 heavy (non-hydrogen) atoms. The van der Waals surface area contributed by atoms with E-state index in [1.54, 1.807) is 13.0 Å². The average Bonchev–Trinajstić information content (AvgIpc) is 2.63. The van der Waals surface area contributed by atoms with Crippen LogP contribution in [0.25, 0.3) is 0 Å². The number of sulfonamides is 1. The van der Waals surface area contributed by atoms with E-state index in [1.165, 1.54) is 39.7 Å². The molecule has 0 atom stereocenters. The topological polar surface area (TPSA) is 70.6 Å². The van der Waals surface area contributed by atoms with Crippen molar-refractivity contribution in [3.05, 3.63) is 58.6 Å². The second kappa shape index (κ2) is 7.30. The molecule has 2 aromatic rings. The Morgan fingerprint density at radius 3 is 2.50 bits per heavy atom. The summed E-state index contributed by atoms with van der Waals surface area (Å²) < 4.78 is 40.7. The maximum absolute atomic E-state index is 13.8. The maximum Gasteiger partial charge on any atom is 0.256 e. The fourth-order valence-corrected chi connectivity index (χ4v) is 4.67. The molecule has 1 aromatic heterocycles. The van der Waals surface area contributed by atoms with Crippen LogP contribution in [0.15, 0.2) is 41.4 Å². The summed E-state index contributed by atoms with van der Waals surface area (Å²) in [7, 11) is -3.76. The minimum Gasteiger partial charge on any atom is -0.336 e. The van der Waals surface area contributed by atoms with E-state index in [4.69, 9.17) is 11.6 Å². The lowest BCUT2D eigenvalue weighted by atomic mass is 10.1. The van der Waals surface area contributed by atoms with Gasteiger partial charge in [0.25, 0.3) is 5.91 Å². The SMILES string of the molecule is Cc1ncc(Cl)cc1S(=O)(=O)N1CCN(C(=O)c2ccccc2F)CC1. The summed E-state index contributed by atoms with van der Waals surface area (Å²) in [6.07, 6.45) is 1.39. The van der Waals surface area contributed by atoms with Gasteiger partial charge < -0.3 is 4.90 Å². The highest BCUT2D eigenvalue weighted by molar-refractivity contribution is 7.89. The van der Waals surface area contributed by atoms with E-state index in [9.17, 15) is 17.6 Å². The Bertz CT molecular complexity index is 944. The predicted octanol–water partition coefficient (Wildman–Crippen LogP) is 2.33. The summed E-state index contributed by atoms with van der Waals surface area (Å²) in [5, 5.41) is 0.238. The molecular formula is C17H17ClFN3O3S. The van der Waals surface area contributed by atoms with Gasteiger partial charge in [-0.25, -0.2) is 12.8 Å². The van der Waals surface area contributed by atoms with E-state index in [0.29, 0.717) is 5.69 Å². The van der Waals surface area contributed by atoms with Gasteiger partial charge in [-0.3, -0.25) is 9.78 Å². The number of hydrogen-bond donors (Lipinski definition) is 0. The largest absolute Gasteiger partial charge is 0.336 e. The summed E-state index contributed by atoms with van der Waals surface area (Å²) in [5.74, 6) is -1.03. The Morgan fingerprint density at radius 1 is 1.19 bits per heavy atom. The molecule has 1 aliphatic rings. The third-order valence-electron chi connectivity index (χ3n) is 4.26. The molecule has 0 unspecified atom stereocenters. The first-order valence-electron chi connectivity index (χ1n) is 7.97. The summed E-state index contributed by atoms with van der Waals surface area (Å²) in [6, 6.07) is 7.12. The monoisotopic (exact) mass is 397 g/mol. The summed E-state index contributed by atoms with van der Waals surface area (Å²) in [4.78, 5) is 17.9. The van der Waals surface area contributed by atoms with Gasteiger partial charge in [-0.15, -0.1) is 0 Å². The van der Waals surface area contributed by atoms with Crippen LogP contribution in [0.2, 0.25) is 5.02 Å². The van der Waals surface area contributed by atoms with E-state index in [1.807, 2.05) is 0 Å². The Kier molecular flexibility index (Phi) is 5.27. The molecule has 0 aliphatic carbocycles. The standard InChI is InChI=1S/C17H17ClFN3O3S/c1-12-16(10-13(18)11-20-12)26(24,25)22-8-6-21(7-9-22)17(23)14-4-2-3-5-15(14)19/h2-5,10-11H,6-9H2,1H3. The molecule has 0 bridgehead atoms. The molecule has 2 heterocycles. The number of rotatable bonds is 3. The number of piperazine rings is 1. The van der Waals surface area contributed by atoms with Gasteiger partial charge in [0.1, 0.15) is 10.7 Å². The zero-order valence-corrected chi connectivity index (χ0v) is 15.6. The summed E-state index contributed by atoms with van der Waals surface area (Å²) in [5.41, 5.74) is 0.345. The lowest BCUT2D eigenvalue weighted by Crippen LogP contribution is -2.50. The second-order valence-electron chi connectivity index (χ2n) is 5.91. The molecule has 6 nitrogen and oxygen atoms in total. The molecule has 138 valence electrons. The first-order chi connectivity index (χ1) is 12.3. The molecule has 1 fully saturated rings. The number of carbonyl (C=O) groups is 1. The quantitative estimate of drug-likeness (QED) is 0.797. The van der Waals surface area contributed by atoms with Crippen LogP contribution >= 0.6 is 11.6 Å². The Hall–Kier alpha value is -2.03. The van der Waals surface area contributed by atoms with Crippen LogP contribution < -0.4 is 0 Å². The van der Waals surface area contributed by atoms with Crippen LogP contribution in [-0.2, 0) is 10.0 Å². The lowest BCUT2D eigenvalue weighted by Gasteiger charge is -2.34. The van der Waals surface area contributed by atoms with Crippen molar-refractivity contribution >= 4 is 27.5 Å². The van der Waals surface area contributed by atoms with E-state index in [0.717, 1.165) is 0 Å². The summed E-state index contributed by atoms with van der Waals surface area (Å²) >= 11 is 5.88. The maximum atomic E-state index is 13.8. The number of pyridine rings is 1. The number of aromatic nitrogens is 1. The van der Waals surface area contributed by atoms with E-state index in [-0.39, 0.29) is 41.7 Å². The first kappa shape index (κ1) is 18.8. The number of carbonyl (C=O) groups excluding carboxylic acids is 1. The molecule has 0 spiro atoms. The number of nitrogens with zero attached hydrogens (tertiary/aromatic N) is 3. The number of amides is 1. The molecule has 9 heteroatoms. The van der Waals surface area contributed by atoms with Crippen molar-refractivity contribution in [2.45, 2.75) is 11.8 Å². The number of halogens is 2. The van der Waals surface area contributed by atoms with E-state index < -0.39 is 21.7 Å². The zero-order chi connectivity index (χ0) is 18.9. The van der Waals surface area contributed by atoms with Crippen LogP contribution in [0.5, 0.6) is 0 Å². The highest BCUT2D eigenvalue weighted by Gasteiger charge is 2.32. The van der Waals surface area contributed by atoms with Gasteiger partial charge in [0.2, 0.25) is 10.0 Å². The number of benzene rings is 1. The van der Waals surface area contributed by atoms with Gasteiger partial charge in [-0.2, -0.15) is 4.31 Å². The molecule has 1 aromatic carbocycles. The van der Waals surface area contributed by atoms with E-state index in [2.05, 4.69) is 4.98 Å². The third kappa shape index (κ3) is 3.58. The first-order valence-corrected chi connectivity index (χ1v) is 9.78. The van der Waals surface area contributed by atoms with Gasteiger partial charge >= 0.3 is 0 Å². The minimum absolute atomic E-state index is 0.0151. The van der Waals surface area contributed by atoms with Crippen molar-refractivity contribution in [3.63, 3.8) is 0 Å². The molecule has 0 N–H and O–H groups in total.